The van der Waals surface area contributed by atoms with Crippen LogP contribution in [0.25, 0.3) is 0 Å². The molecule has 0 amide bonds. The van der Waals surface area contributed by atoms with Crippen LogP contribution in [0, 0.1) is 11.8 Å². The fourth-order valence-electron chi connectivity index (χ4n) is 3.35. The zero-order valence-corrected chi connectivity index (χ0v) is 15.2. The third-order valence-electron chi connectivity index (χ3n) is 4.40. The van der Waals surface area contributed by atoms with Crippen LogP contribution in [0.1, 0.15) is 12.8 Å². The van der Waals surface area contributed by atoms with Crippen LogP contribution in [0.3, 0.4) is 0 Å². The summed E-state index contributed by atoms with van der Waals surface area (Å²) in [5.74, 6) is 0.326. The van der Waals surface area contributed by atoms with Crippen molar-refractivity contribution in [2.45, 2.75) is 23.8 Å². The van der Waals surface area contributed by atoms with Crippen molar-refractivity contribution < 1.29 is 13.5 Å². The van der Waals surface area contributed by atoms with Crippen molar-refractivity contribution in [1.29, 1.82) is 0 Å². The molecular weight excluding hydrogens is 424 g/mol. The lowest BCUT2D eigenvalue weighted by molar-refractivity contribution is 0.129. The lowest BCUT2D eigenvalue weighted by atomic mass is 10.00. The quantitative estimate of drug-likeness (QED) is 0.691. The summed E-state index contributed by atoms with van der Waals surface area (Å²) < 4.78 is 28.1. The van der Waals surface area contributed by atoms with Gasteiger partial charge in [-0.15, -0.1) is 0 Å². The van der Waals surface area contributed by atoms with Gasteiger partial charge in [0.15, 0.2) is 0 Å². The van der Waals surface area contributed by atoms with Crippen molar-refractivity contribution in [2.24, 2.45) is 11.8 Å². The Morgan fingerprint density at radius 2 is 1.81 bits per heavy atom. The zero-order chi connectivity index (χ0) is 15.4. The van der Waals surface area contributed by atoms with Crippen molar-refractivity contribution in [1.82, 2.24) is 4.31 Å². The Kier molecular flexibility index (Phi) is 4.11. The number of rotatable bonds is 2. The van der Waals surface area contributed by atoms with Gasteiger partial charge in [-0.25, -0.2) is 8.42 Å². The summed E-state index contributed by atoms with van der Waals surface area (Å²) >= 11 is 6.58. The third-order valence-corrected chi connectivity index (χ3v) is 8.11. The Bertz CT molecular complexity index is 657. The van der Waals surface area contributed by atoms with Crippen LogP contribution in [0.5, 0.6) is 0 Å². The number of hydrogen-bond acceptors (Lipinski definition) is 4. The van der Waals surface area contributed by atoms with Gasteiger partial charge in [-0.05, 0) is 62.8 Å². The second-order valence-electron chi connectivity index (χ2n) is 5.70. The normalized spacial score (nSPS) is 29.8. The predicted octanol–water partition coefficient (Wildman–Crippen LogP) is 2.19. The summed E-state index contributed by atoms with van der Waals surface area (Å²) in [5, 5.41) is 9.94. The molecule has 1 aromatic rings. The maximum Gasteiger partial charge on any atom is 0.245 e. The molecule has 3 atom stereocenters. The number of fused-ring (bicyclic) bond motifs is 1. The van der Waals surface area contributed by atoms with E-state index in [4.69, 9.17) is 5.73 Å². The fraction of sp³-hybridized carbons (Fsp3) is 0.538. The monoisotopic (exact) mass is 438 g/mol. The SMILES string of the molecule is Nc1cc(Br)c(S(=O)(=O)N2CC3CCC(O)C3C2)c(Br)c1. The standard InChI is InChI=1S/C13H16Br2N2O3S/c14-10-3-8(16)4-11(15)13(10)21(19,20)17-5-7-1-2-12(18)9(7)6-17/h3-4,7,9,12,18H,1-2,5-6,16H2. The Morgan fingerprint density at radius 1 is 1.19 bits per heavy atom. The number of hydrogen-bond donors (Lipinski definition) is 2. The summed E-state index contributed by atoms with van der Waals surface area (Å²) in [6.07, 6.45) is 1.29. The number of aliphatic hydroxyl groups excluding tert-OH is 1. The van der Waals surface area contributed by atoms with Crippen molar-refractivity contribution in [2.75, 3.05) is 18.8 Å². The highest BCUT2D eigenvalue weighted by molar-refractivity contribution is 9.11. The third kappa shape index (κ3) is 2.65. The molecule has 116 valence electrons. The molecule has 1 aliphatic heterocycles. The Balaban J connectivity index is 1.96. The minimum atomic E-state index is -3.61. The van der Waals surface area contributed by atoms with E-state index in [1.54, 1.807) is 12.1 Å². The molecular formula is C13H16Br2N2O3S. The van der Waals surface area contributed by atoms with Gasteiger partial charge in [-0.2, -0.15) is 4.31 Å². The first kappa shape index (κ1) is 15.7. The van der Waals surface area contributed by atoms with Crippen molar-refractivity contribution in [3.8, 4) is 0 Å². The molecule has 0 radical (unpaired) electrons. The molecule has 2 aliphatic rings. The van der Waals surface area contributed by atoms with Crippen LogP contribution in [0.4, 0.5) is 5.69 Å². The molecule has 1 heterocycles. The van der Waals surface area contributed by atoms with Crippen molar-refractivity contribution >= 4 is 47.6 Å². The van der Waals surface area contributed by atoms with Gasteiger partial charge in [-0.1, -0.05) is 0 Å². The number of sulfonamides is 1. The Hall–Kier alpha value is -0.150. The van der Waals surface area contributed by atoms with Gasteiger partial charge in [-0.3, -0.25) is 0 Å². The molecule has 21 heavy (non-hydrogen) atoms. The van der Waals surface area contributed by atoms with Gasteiger partial charge in [0.1, 0.15) is 4.90 Å². The van der Waals surface area contributed by atoms with Crippen molar-refractivity contribution in [3.05, 3.63) is 21.1 Å². The van der Waals surface area contributed by atoms with Gasteiger partial charge in [0, 0.05) is 33.6 Å². The molecule has 3 N–H and O–H groups in total. The van der Waals surface area contributed by atoms with E-state index in [-0.39, 0.29) is 22.8 Å². The molecule has 0 bridgehead atoms. The molecule has 1 aromatic carbocycles. The Labute approximate surface area is 140 Å². The minimum absolute atomic E-state index is 0.0612. The second kappa shape index (κ2) is 5.49. The summed E-state index contributed by atoms with van der Waals surface area (Å²) in [7, 11) is -3.61. The number of aliphatic hydroxyl groups is 1. The van der Waals surface area contributed by atoms with Gasteiger partial charge >= 0.3 is 0 Å². The summed E-state index contributed by atoms with van der Waals surface area (Å²) in [6.45, 7) is 0.866. The number of nitrogen functional groups attached to an aromatic ring is 1. The topological polar surface area (TPSA) is 83.6 Å². The smallest absolute Gasteiger partial charge is 0.245 e. The number of nitrogens with two attached hydrogens (primary N) is 1. The molecule has 8 heteroatoms. The first-order valence-electron chi connectivity index (χ1n) is 6.73. The summed E-state index contributed by atoms with van der Waals surface area (Å²) in [4.78, 5) is 0.200. The largest absolute Gasteiger partial charge is 0.399 e. The summed E-state index contributed by atoms with van der Waals surface area (Å²) in [5.41, 5.74) is 6.20. The highest BCUT2D eigenvalue weighted by Gasteiger charge is 2.46. The van der Waals surface area contributed by atoms with Gasteiger partial charge in [0.25, 0.3) is 0 Å². The fourth-order valence-corrected chi connectivity index (χ4v) is 7.42. The zero-order valence-electron chi connectivity index (χ0n) is 11.2. The lowest BCUT2D eigenvalue weighted by Crippen LogP contribution is -2.31. The van der Waals surface area contributed by atoms with E-state index in [9.17, 15) is 13.5 Å². The van der Waals surface area contributed by atoms with Gasteiger partial charge in [0.05, 0.1) is 6.10 Å². The van der Waals surface area contributed by atoms with E-state index in [1.165, 1.54) is 4.31 Å². The molecule has 3 rings (SSSR count). The molecule has 1 aliphatic carbocycles. The highest BCUT2D eigenvalue weighted by atomic mass is 79.9. The first-order valence-corrected chi connectivity index (χ1v) is 9.76. The number of nitrogens with zero attached hydrogens (tertiary/aromatic N) is 1. The molecule has 2 fully saturated rings. The van der Waals surface area contributed by atoms with Crippen LogP contribution in [0.15, 0.2) is 26.0 Å². The van der Waals surface area contributed by atoms with E-state index in [2.05, 4.69) is 31.9 Å². The number of halogens is 2. The average molecular weight is 440 g/mol. The lowest BCUT2D eigenvalue weighted by Gasteiger charge is -2.20. The average Bonchev–Trinajstić information content (AvgIpc) is 2.90. The van der Waals surface area contributed by atoms with E-state index in [1.807, 2.05) is 0 Å². The van der Waals surface area contributed by atoms with Crippen molar-refractivity contribution in [3.63, 3.8) is 0 Å². The molecule has 1 saturated heterocycles. The van der Waals surface area contributed by atoms with Crippen LogP contribution >= 0.6 is 31.9 Å². The van der Waals surface area contributed by atoms with Crippen LogP contribution in [0.2, 0.25) is 0 Å². The van der Waals surface area contributed by atoms with E-state index >= 15 is 0 Å². The van der Waals surface area contributed by atoms with Gasteiger partial charge < -0.3 is 10.8 Å². The second-order valence-corrected chi connectivity index (χ2v) is 9.29. The van der Waals surface area contributed by atoms with Gasteiger partial charge in [0.2, 0.25) is 10.0 Å². The highest BCUT2D eigenvalue weighted by Crippen LogP contribution is 2.42. The van der Waals surface area contributed by atoms with E-state index in [0.717, 1.165) is 12.8 Å². The maximum atomic E-state index is 12.9. The molecule has 1 saturated carbocycles. The maximum absolute atomic E-state index is 12.9. The number of anilines is 1. The van der Waals surface area contributed by atoms with E-state index in [0.29, 0.717) is 27.7 Å². The molecule has 0 spiro atoms. The number of benzene rings is 1. The Morgan fingerprint density at radius 3 is 2.38 bits per heavy atom. The first-order chi connectivity index (χ1) is 9.80. The van der Waals surface area contributed by atoms with Crippen LogP contribution < -0.4 is 5.73 Å². The molecule has 5 nitrogen and oxygen atoms in total. The predicted molar refractivity (Wildman–Crippen MR) is 87.2 cm³/mol. The molecule has 0 aromatic heterocycles. The molecule has 3 unspecified atom stereocenters. The van der Waals surface area contributed by atoms with Crippen LogP contribution in [-0.4, -0.2) is 37.0 Å². The minimum Gasteiger partial charge on any atom is -0.399 e. The summed E-state index contributed by atoms with van der Waals surface area (Å²) in [6, 6.07) is 3.17. The van der Waals surface area contributed by atoms with Crippen LogP contribution in [-0.2, 0) is 10.0 Å². The van der Waals surface area contributed by atoms with E-state index < -0.39 is 10.0 Å².